The van der Waals surface area contributed by atoms with Crippen molar-refractivity contribution >= 4 is 21.6 Å². The molecule has 0 heterocycles. The molecule has 0 aliphatic heterocycles. The van der Waals surface area contributed by atoms with E-state index in [9.17, 15) is 8.42 Å². The van der Waals surface area contributed by atoms with Crippen LogP contribution in [0.25, 0.3) is 0 Å². The first-order chi connectivity index (χ1) is 7.06. The lowest BCUT2D eigenvalue weighted by Crippen LogP contribution is -2.30. The van der Waals surface area contributed by atoms with Gasteiger partial charge in [0, 0.05) is 18.1 Å². The van der Waals surface area contributed by atoms with Crippen molar-refractivity contribution in [2.45, 2.75) is 4.90 Å². The van der Waals surface area contributed by atoms with Crippen molar-refractivity contribution in [3.05, 3.63) is 29.3 Å². The van der Waals surface area contributed by atoms with Crippen molar-refractivity contribution in [1.29, 1.82) is 0 Å². The Morgan fingerprint density at radius 3 is 2.67 bits per heavy atom. The molecule has 0 saturated heterocycles. The number of hydrogen-bond acceptors (Lipinski definition) is 3. The molecule has 0 spiro atoms. The molecule has 0 bridgehead atoms. The number of rotatable bonds is 5. The normalized spacial score (nSPS) is 11.6. The molecule has 84 valence electrons. The van der Waals surface area contributed by atoms with Crippen LogP contribution in [-0.2, 0) is 10.0 Å². The van der Waals surface area contributed by atoms with Gasteiger partial charge in [0.05, 0.1) is 4.90 Å². The minimum Gasteiger partial charge on any atom is -0.318 e. The largest absolute Gasteiger partial charge is 0.318 e. The molecule has 4 nitrogen and oxygen atoms in total. The number of nitrogens with one attached hydrogen (secondary N) is 2. The van der Waals surface area contributed by atoms with Crippen molar-refractivity contribution in [3.63, 3.8) is 0 Å². The molecule has 0 aliphatic carbocycles. The van der Waals surface area contributed by atoms with Crippen molar-refractivity contribution in [2.24, 2.45) is 0 Å². The van der Waals surface area contributed by atoms with Crippen LogP contribution in [-0.4, -0.2) is 28.6 Å². The Hall–Kier alpha value is -0.620. The summed E-state index contributed by atoms with van der Waals surface area (Å²) in [5.41, 5.74) is 0. The quantitative estimate of drug-likeness (QED) is 0.760. The molecular formula is C9H13ClN2O2S. The van der Waals surface area contributed by atoms with Gasteiger partial charge in [-0.3, -0.25) is 0 Å². The van der Waals surface area contributed by atoms with Crippen LogP contribution in [0.4, 0.5) is 0 Å². The fourth-order valence-electron chi connectivity index (χ4n) is 1.03. The van der Waals surface area contributed by atoms with Gasteiger partial charge >= 0.3 is 0 Å². The molecule has 2 N–H and O–H groups in total. The van der Waals surface area contributed by atoms with Gasteiger partial charge in [-0.2, -0.15) is 0 Å². The second-order valence-corrected chi connectivity index (χ2v) is 5.16. The van der Waals surface area contributed by atoms with E-state index in [4.69, 9.17) is 11.6 Å². The zero-order chi connectivity index (χ0) is 11.3. The maximum Gasteiger partial charge on any atom is 0.240 e. The predicted molar refractivity (Wildman–Crippen MR) is 60.6 cm³/mol. The molecule has 0 aliphatic rings. The minimum atomic E-state index is -3.43. The fourth-order valence-corrected chi connectivity index (χ4v) is 2.36. The van der Waals surface area contributed by atoms with Crippen LogP contribution < -0.4 is 10.0 Å². The highest BCUT2D eigenvalue weighted by atomic mass is 35.5. The van der Waals surface area contributed by atoms with Crippen LogP contribution in [0.1, 0.15) is 0 Å². The molecular weight excluding hydrogens is 236 g/mol. The van der Waals surface area contributed by atoms with E-state index in [1.165, 1.54) is 12.1 Å². The van der Waals surface area contributed by atoms with Gasteiger partial charge in [0.25, 0.3) is 0 Å². The number of hydrogen-bond donors (Lipinski definition) is 2. The molecule has 0 fully saturated rings. The number of likely N-dealkylation sites (N-methyl/N-ethyl adjacent to an activating group) is 1. The smallest absolute Gasteiger partial charge is 0.240 e. The number of benzene rings is 1. The third kappa shape index (κ3) is 3.79. The van der Waals surface area contributed by atoms with E-state index < -0.39 is 10.0 Å². The third-order valence-corrected chi connectivity index (χ3v) is 3.47. The standard InChI is InChI=1S/C9H13ClN2O2S/c1-11-5-6-12-15(13,14)9-4-2-3-8(10)7-9/h2-4,7,11-12H,5-6H2,1H3. The molecule has 15 heavy (non-hydrogen) atoms. The third-order valence-electron chi connectivity index (χ3n) is 1.77. The summed E-state index contributed by atoms with van der Waals surface area (Å²) in [5, 5.41) is 3.26. The van der Waals surface area contributed by atoms with E-state index in [2.05, 4.69) is 10.0 Å². The van der Waals surface area contributed by atoms with E-state index in [-0.39, 0.29) is 4.90 Å². The molecule has 0 saturated carbocycles. The van der Waals surface area contributed by atoms with Crippen LogP contribution in [0.3, 0.4) is 0 Å². The van der Waals surface area contributed by atoms with E-state index in [1.807, 2.05) is 0 Å². The molecule has 1 aromatic rings. The van der Waals surface area contributed by atoms with E-state index in [0.717, 1.165) is 0 Å². The monoisotopic (exact) mass is 248 g/mol. The summed E-state index contributed by atoms with van der Waals surface area (Å²) < 4.78 is 25.8. The van der Waals surface area contributed by atoms with E-state index in [0.29, 0.717) is 18.1 Å². The maximum absolute atomic E-state index is 11.7. The van der Waals surface area contributed by atoms with Gasteiger partial charge in [-0.05, 0) is 25.2 Å². The summed E-state index contributed by atoms with van der Waals surface area (Å²) in [6, 6.07) is 6.17. The van der Waals surface area contributed by atoms with Gasteiger partial charge in [-0.25, -0.2) is 13.1 Å². The van der Waals surface area contributed by atoms with Crippen molar-refractivity contribution < 1.29 is 8.42 Å². The van der Waals surface area contributed by atoms with Gasteiger partial charge < -0.3 is 5.32 Å². The summed E-state index contributed by atoms with van der Waals surface area (Å²) >= 11 is 5.71. The average molecular weight is 249 g/mol. The second kappa shape index (κ2) is 5.46. The molecule has 0 atom stereocenters. The first-order valence-electron chi connectivity index (χ1n) is 4.46. The lowest BCUT2D eigenvalue weighted by atomic mass is 10.4. The zero-order valence-corrected chi connectivity index (χ0v) is 9.90. The SMILES string of the molecule is CNCCNS(=O)(=O)c1cccc(Cl)c1. The Bertz CT molecular complexity index is 420. The summed E-state index contributed by atoms with van der Waals surface area (Å²) in [6.07, 6.45) is 0. The van der Waals surface area contributed by atoms with Gasteiger partial charge in [-0.15, -0.1) is 0 Å². The topological polar surface area (TPSA) is 58.2 Å². The van der Waals surface area contributed by atoms with E-state index in [1.54, 1.807) is 19.2 Å². The van der Waals surface area contributed by atoms with Crippen molar-refractivity contribution in [2.75, 3.05) is 20.1 Å². The van der Waals surface area contributed by atoms with Crippen LogP contribution >= 0.6 is 11.6 Å². The molecule has 1 rings (SSSR count). The van der Waals surface area contributed by atoms with Gasteiger partial charge in [-0.1, -0.05) is 17.7 Å². The zero-order valence-electron chi connectivity index (χ0n) is 8.33. The number of sulfonamides is 1. The molecule has 0 amide bonds. The molecule has 6 heteroatoms. The van der Waals surface area contributed by atoms with Crippen LogP contribution in [0.15, 0.2) is 29.2 Å². The van der Waals surface area contributed by atoms with Crippen molar-refractivity contribution in [1.82, 2.24) is 10.0 Å². The summed E-state index contributed by atoms with van der Waals surface area (Å²) in [7, 11) is -1.67. The molecule has 0 aromatic heterocycles. The maximum atomic E-state index is 11.7. The Balaban J connectivity index is 2.77. The molecule has 0 unspecified atom stereocenters. The first-order valence-corrected chi connectivity index (χ1v) is 6.32. The lowest BCUT2D eigenvalue weighted by molar-refractivity contribution is 0.579. The van der Waals surface area contributed by atoms with Crippen molar-refractivity contribution in [3.8, 4) is 0 Å². The van der Waals surface area contributed by atoms with Crippen LogP contribution in [0.5, 0.6) is 0 Å². The predicted octanol–water partition coefficient (Wildman–Crippen LogP) is 0.838. The minimum absolute atomic E-state index is 0.186. The Morgan fingerprint density at radius 2 is 2.07 bits per heavy atom. The summed E-state index contributed by atoms with van der Waals surface area (Å²) in [5.74, 6) is 0. The average Bonchev–Trinajstić information content (AvgIpc) is 2.18. The van der Waals surface area contributed by atoms with E-state index >= 15 is 0 Å². The highest BCUT2D eigenvalue weighted by Gasteiger charge is 2.12. The summed E-state index contributed by atoms with van der Waals surface area (Å²) in [6.45, 7) is 0.936. The van der Waals surface area contributed by atoms with Gasteiger partial charge in [0.1, 0.15) is 0 Å². The second-order valence-electron chi connectivity index (χ2n) is 2.96. The number of halogens is 1. The van der Waals surface area contributed by atoms with Gasteiger partial charge in [0.2, 0.25) is 10.0 Å². The Morgan fingerprint density at radius 1 is 1.33 bits per heavy atom. The van der Waals surface area contributed by atoms with Crippen LogP contribution in [0.2, 0.25) is 5.02 Å². The highest BCUT2D eigenvalue weighted by molar-refractivity contribution is 7.89. The highest BCUT2D eigenvalue weighted by Crippen LogP contribution is 2.14. The lowest BCUT2D eigenvalue weighted by Gasteiger charge is -2.06. The summed E-state index contributed by atoms with van der Waals surface area (Å²) in [4.78, 5) is 0.186. The fraction of sp³-hybridized carbons (Fsp3) is 0.333. The Labute approximate surface area is 94.7 Å². The first kappa shape index (κ1) is 12.4. The van der Waals surface area contributed by atoms with Crippen LogP contribution in [0, 0.1) is 0 Å². The van der Waals surface area contributed by atoms with Gasteiger partial charge in [0.15, 0.2) is 0 Å². The molecule has 0 radical (unpaired) electrons. The molecule has 1 aromatic carbocycles. The Kier molecular flexibility index (Phi) is 4.53.